The minimum atomic E-state index is -0.0983. The molecule has 1 N–H and O–H groups in total. The minimum absolute atomic E-state index is 0.0249. The molecule has 0 saturated heterocycles. The molecule has 0 aromatic heterocycles. The van der Waals surface area contributed by atoms with Gasteiger partial charge in [-0.2, -0.15) is 0 Å². The van der Waals surface area contributed by atoms with E-state index in [4.69, 9.17) is 0 Å². The molecule has 23 heavy (non-hydrogen) atoms. The maximum absolute atomic E-state index is 12.6. The lowest BCUT2D eigenvalue weighted by molar-refractivity contribution is -0.126. The van der Waals surface area contributed by atoms with Gasteiger partial charge in [0, 0.05) is 38.1 Å². The number of nitrogens with one attached hydrogen (secondary N) is 1. The second-order valence-corrected chi connectivity index (χ2v) is 5.42. The van der Waals surface area contributed by atoms with E-state index < -0.39 is 0 Å². The van der Waals surface area contributed by atoms with Crippen LogP contribution in [0, 0.1) is 0 Å². The van der Waals surface area contributed by atoms with E-state index in [-0.39, 0.29) is 18.4 Å². The summed E-state index contributed by atoms with van der Waals surface area (Å²) in [5.41, 5.74) is 2.14. The molecule has 2 aromatic rings. The van der Waals surface area contributed by atoms with Crippen LogP contribution in [0.3, 0.4) is 0 Å². The van der Waals surface area contributed by atoms with Crippen molar-refractivity contribution < 1.29 is 9.59 Å². The fraction of sp³-hybridized carbons (Fsp3) is 0.222. The Bertz CT molecular complexity index is 684. The number of rotatable bonds is 5. The van der Waals surface area contributed by atoms with E-state index >= 15 is 0 Å². The van der Waals surface area contributed by atoms with E-state index in [9.17, 15) is 9.59 Å². The molecule has 5 nitrogen and oxygen atoms in total. The highest BCUT2D eigenvalue weighted by atomic mass is 16.2. The first kappa shape index (κ1) is 16.5. The van der Waals surface area contributed by atoms with Gasteiger partial charge < -0.3 is 15.1 Å². The third kappa shape index (κ3) is 4.32. The lowest BCUT2D eigenvalue weighted by Crippen LogP contribution is -2.29. The zero-order valence-corrected chi connectivity index (χ0v) is 13.6. The first-order valence-electron chi connectivity index (χ1n) is 7.36. The average Bonchev–Trinajstić information content (AvgIpc) is 2.59. The Morgan fingerprint density at radius 1 is 0.957 bits per heavy atom. The number of anilines is 2. The third-order valence-corrected chi connectivity index (χ3v) is 3.50. The number of carbonyl (C=O) groups excluding carboxylic acids is 2. The molecule has 0 aliphatic carbocycles. The summed E-state index contributed by atoms with van der Waals surface area (Å²) in [5, 5.41) is 3.04. The Morgan fingerprint density at radius 2 is 1.65 bits per heavy atom. The summed E-state index contributed by atoms with van der Waals surface area (Å²) < 4.78 is 0. The molecule has 5 heteroatoms. The fourth-order valence-electron chi connectivity index (χ4n) is 2.06. The van der Waals surface area contributed by atoms with E-state index in [1.807, 2.05) is 36.4 Å². The number of hydrogen-bond donors (Lipinski definition) is 1. The largest absolute Gasteiger partial charge is 0.376 e. The lowest BCUT2D eigenvalue weighted by atomic mass is 10.1. The predicted molar refractivity (Wildman–Crippen MR) is 92.8 cm³/mol. The summed E-state index contributed by atoms with van der Waals surface area (Å²) in [7, 11) is 5.16. The molecule has 2 amide bonds. The summed E-state index contributed by atoms with van der Waals surface area (Å²) >= 11 is 0. The van der Waals surface area contributed by atoms with Gasteiger partial charge in [-0.3, -0.25) is 9.59 Å². The zero-order chi connectivity index (χ0) is 16.8. The molecule has 0 aliphatic rings. The first-order valence-corrected chi connectivity index (χ1v) is 7.36. The molecule has 2 aromatic carbocycles. The molecular formula is C18H21N3O2. The van der Waals surface area contributed by atoms with Crippen LogP contribution in [-0.4, -0.2) is 44.4 Å². The van der Waals surface area contributed by atoms with Crippen LogP contribution in [0.15, 0.2) is 54.6 Å². The summed E-state index contributed by atoms with van der Waals surface area (Å²) in [6.45, 7) is 0.194. The number of amides is 2. The Morgan fingerprint density at radius 3 is 2.30 bits per heavy atom. The molecule has 120 valence electrons. The molecular weight excluding hydrogens is 290 g/mol. The zero-order valence-electron chi connectivity index (χ0n) is 13.6. The van der Waals surface area contributed by atoms with Crippen LogP contribution in [0.5, 0.6) is 0 Å². The Hall–Kier alpha value is -2.82. The Balaban J connectivity index is 2.10. The molecule has 0 heterocycles. The van der Waals surface area contributed by atoms with Crippen LogP contribution in [0.25, 0.3) is 0 Å². The van der Waals surface area contributed by atoms with E-state index in [0.29, 0.717) is 5.56 Å². The maximum Gasteiger partial charge on any atom is 0.258 e. The lowest BCUT2D eigenvalue weighted by Gasteiger charge is -2.18. The second kappa shape index (κ2) is 7.45. The Kier molecular flexibility index (Phi) is 5.36. The number of hydrogen-bond acceptors (Lipinski definition) is 3. The molecule has 0 spiro atoms. The van der Waals surface area contributed by atoms with Crippen LogP contribution in [-0.2, 0) is 4.79 Å². The molecule has 0 radical (unpaired) electrons. The van der Waals surface area contributed by atoms with E-state index in [1.165, 1.54) is 4.90 Å². The topological polar surface area (TPSA) is 52.7 Å². The van der Waals surface area contributed by atoms with Crippen LogP contribution in [0.2, 0.25) is 0 Å². The summed E-state index contributed by atoms with van der Waals surface area (Å²) in [6.07, 6.45) is 0. The van der Waals surface area contributed by atoms with Gasteiger partial charge in [0.2, 0.25) is 5.91 Å². The van der Waals surface area contributed by atoms with Crippen molar-refractivity contribution in [1.82, 2.24) is 4.90 Å². The van der Waals surface area contributed by atoms with Gasteiger partial charge in [0.15, 0.2) is 0 Å². The minimum Gasteiger partial charge on any atom is -0.376 e. The van der Waals surface area contributed by atoms with Crippen molar-refractivity contribution in [3.05, 3.63) is 60.2 Å². The first-order chi connectivity index (χ1) is 11.0. The van der Waals surface area contributed by atoms with E-state index in [2.05, 4.69) is 5.32 Å². The Labute approximate surface area is 136 Å². The maximum atomic E-state index is 12.6. The molecule has 0 bridgehead atoms. The highest BCUT2D eigenvalue weighted by Crippen LogP contribution is 2.17. The highest BCUT2D eigenvalue weighted by molar-refractivity contribution is 6.06. The quantitative estimate of drug-likeness (QED) is 0.923. The van der Waals surface area contributed by atoms with Crippen molar-refractivity contribution in [3.63, 3.8) is 0 Å². The molecule has 0 fully saturated rings. The van der Waals surface area contributed by atoms with Crippen LogP contribution in [0.4, 0.5) is 11.4 Å². The molecule has 2 rings (SSSR count). The average molecular weight is 311 g/mol. The van der Waals surface area contributed by atoms with Gasteiger partial charge in [0.05, 0.1) is 6.54 Å². The van der Waals surface area contributed by atoms with Gasteiger partial charge >= 0.3 is 0 Å². The third-order valence-electron chi connectivity index (χ3n) is 3.50. The van der Waals surface area contributed by atoms with Crippen molar-refractivity contribution in [2.75, 3.05) is 37.9 Å². The summed E-state index contributed by atoms with van der Waals surface area (Å²) in [5.74, 6) is -0.123. The fourth-order valence-corrected chi connectivity index (χ4v) is 2.06. The van der Waals surface area contributed by atoms with Crippen molar-refractivity contribution >= 4 is 23.2 Å². The highest BCUT2D eigenvalue weighted by Gasteiger charge is 2.13. The number of benzene rings is 2. The van der Waals surface area contributed by atoms with Crippen LogP contribution in [0.1, 0.15) is 10.4 Å². The smallest absolute Gasteiger partial charge is 0.258 e. The van der Waals surface area contributed by atoms with Gasteiger partial charge in [-0.05, 0) is 30.3 Å². The van der Waals surface area contributed by atoms with Crippen molar-refractivity contribution in [2.24, 2.45) is 0 Å². The van der Waals surface area contributed by atoms with Crippen LogP contribution >= 0.6 is 0 Å². The summed E-state index contributed by atoms with van der Waals surface area (Å²) in [6, 6.07) is 16.6. The van der Waals surface area contributed by atoms with Crippen LogP contribution < -0.4 is 10.2 Å². The summed E-state index contributed by atoms with van der Waals surface area (Å²) in [4.78, 5) is 27.3. The number of nitrogens with zero attached hydrogens (tertiary/aromatic N) is 2. The standard InChI is InChI=1S/C18H21N3O2/c1-20(2)17(22)13-19-15-9-7-8-14(12-15)18(23)21(3)16-10-5-4-6-11-16/h4-12,19H,13H2,1-3H3. The van der Waals surface area contributed by atoms with Gasteiger partial charge in [-0.15, -0.1) is 0 Å². The molecule has 0 unspecified atom stereocenters. The predicted octanol–water partition coefficient (Wildman–Crippen LogP) is 2.46. The van der Waals surface area contributed by atoms with Crippen molar-refractivity contribution in [2.45, 2.75) is 0 Å². The van der Waals surface area contributed by atoms with Crippen molar-refractivity contribution in [1.29, 1.82) is 0 Å². The molecule has 0 saturated carbocycles. The number of para-hydroxylation sites is 1. The van der Waals surface area contributed by atoms with E-state index in [1.54, 1.807) is 44.2 Å². The van der Waals surface area contributed by atoms with Gasteiger partial charge in [0.1, 0.15) is 0 Å². The van der Waals surface area contributed by atoms with Gasteiger partial charge in [0.25, 0.3) is 5.91 Å². The van der Waals surface area contributed by atoms with Crippen molar-refractivity contribution in [3.8, 4) is 0 Å². The SMILES string of the molecule is CN(C)C(=O)CNc1cccc(C(=O)N(C)c2ccccc2)c1. The number of carbonyl (C=O) groups is 2. The van der Waals surface area contributed by atoms with E-state index in [0.717, 1.165) is 11.4 Å². The van der Waals surface area contributed by atoms with Gasteiger partial charge in [-0.1, -0.05) is 24.3 Å². The number of likely N-dealkylation sites (N-methyl/N-ethyl adjacent to an activating group) is 1. The normalized spacial score (nSPS) is 10.0. The monoisotopic (exact) mass is 311 g/mol. The molecule has 0 atom stereocenters. The van der Waals surface area contributed by atoms with Gasteiger partial charge in [-0.25, -0.2) is 0 Å². The molecule has 0 aliphatic heterocycles. The second-order valence-electron chi connectivity index (χ2n) is 5.42.